The van der Waals surface area contributed by atoms with Crippen LogP contribution in [0.25, 0.3) is 0 Å². The lowest BCUT2D eigenvalue weighted by atomic mass is 10.0. The van der Waals surface area contributed by atoms with Gasteiger partial charge in [-0.1, -0.05) is 26.0 Å². The number of carbonyl (C=O) groups is 4. The van der Waals surface area contributed by atoms with Gasteiger partial charge in [-0.3, -0.25) is 19.3 Å². The maximum absolute atomic E-state index is 12.8. The zero-order valence-corrected chi connectivity index (χ0v) is 17.3. The Morgan fingerprint density at radius 1 is 1.17 bits per heavy atom. The molecule has 0 radical (unpaired) electrons. The number of hydrogen-bond donors (Lipinski definition) is 0. The number of fused-ring (bicyclic) bond motifs is 1. The third-order valence-electron chi connectivity index (χ3n) is 4.93. The summed E-state index contributed by atoms with van der Waals surface area (Å²) in [4.78, 5) is 52.6. The minimum absolute atomic E-state index is 0.00670. The van der Waals surface area contributed by atoms with Crippen LogP contribution in [0.4, 0.5) is 0 Å². The van der Waals surface area contributed by atoms with Gasteiger partial charge in [0.05, 0.1) is 17.2 Å². The Balaban J connectivity index is 2.18. The minimum Gasteiger partial charge on any atom is -0.454 e. The number of esters is 1. The SMILES string of the molecule is CC(C)C[C@@H](C(=O)OCC(=O)N(C)C(C)(C)C#N)N1C(=O)c2ccccc2C1=O. The molecule has 29 heavy (non-hydrogen) atoms. The summed E-state index contributed by atoms with van der Waals surface area (Å²) in [5, 5.41) is 9.13. The molecule has 1 heterocycles. The lowest BCUT2D eigenvalue weighted by Gasteiger charge is -2.30. The molecule has 1 aromatic carbocycles. The first-order valence-corrected chi connectivity index (χ1v) is 9.32. The average Bonchev–Trinajstić information content (AvgIpc) is 2.94. The summed E-state index contributed by atoms with van der Waals surface area (Å²) < 4.78 is 5.15. The molecule has 0 aliphatic carbocycles. The summed E-state index contributed by atoms with van der Waals surface area (Å²) in [7, 11) is 1.44. The van der Waals surface area contributed by atoms with Gasteiger partial charge in [0.15, 0.2) is 6.61 Å². The Morgan fingerprint density at radius 2 is 1.69 bits per heavy atom. The van der Waals surface area contributed by atoms with E-state index in [4.69, 9.17) is 10.00 Å². The highest BCUT2D eigenvalue weighted by atomic mass is 16.5. The third kappa shape index (κ3) is 4.45. The van der Waals surface area contributed by atoms with Crippen molar-refractivity contribution in [3.05, 3.63) is 35.4 Å². The number of rotatable bonds is 7. The van der Waals surface area contributed by atoms with E-state index in [1.165, 1.54) is 24.1 Å². The number of likely N-dealkylation sites (N-methyl/N-ethyl adjacent to an activating group) is 1. The standard InChI is InChI=1S/C21H25N3O5/c1-13(2)10-16(20(28)29-11-17(25)23(5)21(3,4)12-22)24-18(26)14-8-6-7-9-15(14)19(24)27/h6-9,13,16H,10-11H2,1-5H3/t16-/m0/s1. The fourth-order valence-electron chi connectivity index (χ4n) is 2.96. The fourth-order valence-corrected chi connectivity index (χ4v) is 2.96. The summed E-state index contributed by atoms with van der Waals surface area (Å²) in [6.45, 7) is 6.25. The van der Waals surface area contributed by atoms with Crippen LogP contribution in [0.3, 0.4) is 0 Å². The summed E-state index contributed by atoms with van der Waals surface area (Å²) in [6.07, 6.45) is 0.206. The number of carbonyl (C=O) groups excluding carboxylic acids is 4. The first-order chi connectivity index (χ1) is 13.5. The van der Waals surface area contributed by atoms with Crippen LogP contribution in [0.5, 0.6) is 0 Å². The summed E-state index contributed by atoms with van der Waals surface area (Å²) >= 11 is 0. The molecular formula is C21H25N3O5. The molecule has 2 rings (SSSR count). The molecule has 1 atom stereocenters. The average molecular weight is 399 g/mol. The molecular weight excluding hydrogens is 374 g/mol. The molecule has 3 amide bonds. The van der Waals surface area contributed by atoms with Crippen LogP contribution in [0.2, 0.25) is 0 Å². The summed E-state index contributed by atoms with van der Waals surface area (Å²) in [5.41, 5.74) is -0.583. The van der Waals surface area contributed by atoms with Crippen LogP contribution in [-0.2, 0) is 14.3 Å². The zero-order chi connectivity index (χ0) is 21.9. The molecule has 0 saturated heterocycles. The van der Waals surface area contributed by atoms with Crippen molar-refractivity contribution in [1.29, 1.82) is 5.26 Å². The van der Waals surface area contributed by atoms with Crippen molar-refractivity contribution in [2.24, 2.45) is 5.92 Å². The molecule has 1 aliphatic rings. The number of nitrogens with zero attached hydrogens (tertiary/aromatic N) is 3. The van der Waals surface area contributed by atoms with Crippen molar-refractivity contribution in [2.45, 2.75) is 45.7 Å². The van der Waals surface area contributed by atoms with Crippen LogP contribution in [-0.4, -0.2) is 58.7 Å². The van der Waals surface area contributed by atoms with E-state index in [0.717, 1.165) is 4.90 Å². The second-order valence-corrected chi connectivity index (χ2v) is 7.90. The van der Waals surface area contributed by atoms with E-state index in [9.17, 15) is 19.2 Å². The molecule has 0 N–H and O–H groups in total. The maximum Gasteiger partial charge on any atom is 0.329 e. The van der Waals surface area contributed by atoms with Crippen molar-refractivity contribution >= 4 is 23.7 Å². The number of ether oxygens (including phenoxy) is 1. The Morgan fingerprint density at radius 3 is 2.14 bits per heavy atom. The molecule has 154 valence electrons. The second kappa shape index (κ2) is 8.43. The number of hydrogen-bond acceptors (Lipinski definition) is 6. The van der Waals surface area contributed by atoms with Crippen LogP contribution >= 0.6 is 0 Å². The number of benzene rings is 1. The fraction of sp³-hybridized carbons (Fsp3) is 0.476. The lowest BCUT2D eigenvalue weighted by molar-refractivity contribution is -0.156. The van der Waals surface area contributed by atoms with Gasteiger partial charge in [0.25, 0.3) is 17.7 Å². The Bertz CT molecular complexity index is 850. The van der Waals surface area contributed by atoms with Crippen molar-refractivity contribution in [2.75, 3.05) is 13.7 Å². The Kier molecular flexibility index (Phi) is 6.42. The summed E-state index contributed by atoms with van der Waals surface area (Å²) in [5.74, 6) is -2.50. The first kappa shape index (κ1) is 22.1. The molecule has 0 fully saturated rings. The maximum atomic E-state index is 12.8. The van der Waals surface area contributed by atoms with Gasteiger partial charge in [-0.25, -0.2) is 4.79 Å². The first-order valence-electron chi connectivity index (χ1n) is 9.32. The topological polar surface area (TPSA) is 108 Å². The molecule has 1 aromatic rings. The molecule has 0 unspecified atom stereocenters. The van der Waals surface area contributed by atoms with E-state index in [1.54, 1.807) is 26.0 Å². The van der Waals surface area contributed by atoms with E-state index in [1.807, 2.05) is 19.9 Å². The highest BCUT2D eigenvalue weighted by molar-refractivity contribution is 6.22. The minimum atomic E-state index is -1.13. The lowest BCUT2D eigenvalue weighted by Crippen LogP contribution is -2.48. The highest BCUT2D eigenvalue weighted by Crippen LogP contribution is 2.27. The van der Waals surface area contributed by atoms with Gasteiger partial charge < -0.3 is 9.64 Å². The molecule has 8 nitrogen and oxygen atoms in total. The van der Waals surface area contributed by atoms with Crippen LogP contribution in [0.1, 0.15) is 54.8 Å². The van der Waals surface area contributed by atoms with Crippen LogP contribution in [0.15, 0.2) is 24.3 Å². The quantitative estimate of drug-likeness (QED) is 0.513. The largest absolute Gasteiger partial charge is 0.454 e. The van der Waals surface area contributed by atoms with Gasteiger partial charge >= 0.3 is 5.97 Å². The Labute approximate surface area is 170 Å². The van der Waals surface area contributed by atoms with Gasteiger partial charge in [0.2, 0.25) is 0 Å². The smallest absolute Gasteiger partial charge is 0.329 e. The molecule has 8 heteroatoms. The van der Waals surface area contributed by atoms with E-state index in [2.05, 4.69) is 0 Å². The van der Waals surface area contributed by atoms with Gasteiger partial charge in [-0.2, -0.15) is 5.26 Å². The second-order valence-electron chi connectivity index (χ2n) is 7.90. The van der Waals surface area contributed by atoms with Gasteiger partial charge in [0.1, 0.15) is 11.6 Å². The van der Waals surface area contributed by atoms with E-state index >= 15 is 0 Å². The van der Waals surface area contributed by atoms with Gasteiger partial charge in [0, 0.05) is 7.05 Å². The third-order valence-corrected chi connectivity index (χ3v) is 4.93. The van der Waals surface area contributed by atoms with E-state index in [0.29, 0.717) is 0 Å². The molecule has 0 aromatic heterocycles. The monoisotopic (exact) mass is 399 g/mol. The predicted octanol–water partition coefficient (Wildman–Crippen LogP) is 2.00. The molecule has 0 spiro atoms. The van der Waals surface area contributed by atoms with E-state index < -0.39 is 41.9 Å². The zero-order valence-electron chi connectivity index (χ0n) is 17.3. The number of amides is 3. The van der Waals surface area contributed by atoms with Crippen molar-refractivity contribution in [3.63, 3.8) is 0 Å². The van der Waals surface area contributed by atoms with Crippen molar-refractivity contribution in [1.82, 2.24) is 9.80 Å². The van der Waals surface area contributed by atoms with Gasteiger partial charge in [-0.05, 0) is 38.3 Å². The number of imide groups is 1. The number of nitriles is 1. The van der Waals surface area contributed by atoms with Crippen molar-refractivity contribution in [3.8, 4) is 6.07 Å². The molecule has 0 bridgehead atoms. The van der Waals surface area contributed by atoms with Gasteiger partial charge in [-0.15, -0.1) is 0 Å². The normalized spacial score (nSPS) is 14.4. The molecule has 1 aliphatic heterocycles. The summed E-state index contributed by atoms with van der Waals surface area (Å²) in [6, 6.07) is 7.23. The predicted molar refractivity (Wildman–Crippen MR) is 104 cm³/mol. The highest BCUT2D eigenvalue weighted by Gasteiger charge is 2.43. The van der Waals surface area contributed by atoms with Crippen LogP contribution < -0.4 is 0 Å². The van der Waals surface area contributed by atoms with Crippen molar-refractivity contribution < 1.29 is 23.9 Å². The molecule has 0 saturated carbocycles. The Hall–Kier alpha value is -3.21. The van der Waals surface area contributed by atoms with E-state index in [-0.39, 0.29) is 23.5 Å². The van der Waals surface area contributed by atoms with Crippen LogP contribution in [0, 0.1) is 17.2 Å².